The van der Waals surface area contributed by atoms with E-state index in [9.17, 15) is 5.11 Å². The second-order valence-corrected chi connectivity index (χ2v) is 5.10. The monoisotopic (exact) mass is 313 g/mol. The summed E-state index contributed by atoms with van der Waals surface area (Å²) in [4.78, 5) is 0. The van der Waals surface area contributed by atoms with Crippen LogP contribution in [0.3, 0.4) is 0 Å². The van der Waals surface area contributed by atoms with Gasteiger partial charge < -0.3 is 14.4 Å². The summed E-state index contributed by atoms with van der Waals surface area (Å²) in [7, 11) is 1.65. The number of rotatable bonds is 6. The third-order valence-corrected chi connectivity index (χ3v) is 3.62. The number of H-pyrrole nitrogens is 1. The first kappa shape index (κ1) is 15.2. The molecule has 108 valence electrons. The van der Waals surface area contributed by atoms with Crippen molar-refractivity contribution in [3.63, 3.8) is 0 Å². The SMILES string of the molecule is COCCCn1c(C(O)c2ccccc2Cl)n[nH]c1=S. The topological polar surface area (TPSA) is 63.1 Å². The molecule has 20 heavy (non-hydrogen) atoms. The molecule has 1 atom stereocenters. The highest BCUT2D eigenvalue weighted by atomic mass is 35.5. The molecule has 1 heterocycles. The molecule has 0 aliphatic rings. The van der Waals surface area contributed by atoms with Crippen molar-refractivity contribution in [1.29, 1.82) is 0 Å². The summed E-state index contributed by atoms with van der Waals surface area (Å²) in [6.07, 6.45) is -0.133. The van der Waals surface area contributed by atoms with E-state index in [4.69, 9.17) is 28.6 Å². The molecule has 0 spiro atoms. The average Bonchev–Trinajstić information content (AvgIpc) is 2.80. The van der Waals surface area contributed by atoms with E-state index < -0.39 is 6.10 Å². The third kappa shape index (κ3) is 3.27. The van der Waals surface area contributed by atoms with E-state index in [0.717, 1.165) is 6.42 Å². The minimum atomic E-state index is -0.917. The summed E-state index contributed by atoms with van der Waals surface area (Å²) in [5.74, 6) is 0.458. The molecule has 0 radical (unpaired) electrons. The predicted molar refractivity (Wildman–Crippen MR) is 79.4 cm³/mol. The molecule has 2 aromatic rings. The van der Waals surface area contributed by atoms with Gasteiger partial charge in [-0.1, -0.05) is 29.8 Å². The Kier molecular flexibility index (Phi) is 5.31. The standard InChI is InChI=1S/C13H16ClN3O2S/c1-19-8-4-7-17-12(15-16-13(17)20)11(18)9-5-2-3-6-10(9)14/h2-3,5-6,11,18H,4,7-8H2,1H3,(H,16,20). The minimum absolute atomic E-state index is 0.458. The van der Waals surface area contributed by atoms with Crippen molar-refractivity contribution in [2.45, 2.75) is 19.1 Å². The van der Waals surface area contributed by atoms with Crippen LogP contribution in [-0.2, 0) is 11.3 Å². The molecule has 0 amide bonds. The van der Waals surface area contributed by atoms with Crippen molar-refractivity contribution in [3.05, 3.63) is 45.4 Å². The van der Waals surface area contributed by atoms with Gasteiger partial charge in [0.2, 0.25) is 0 Å². The summed E-state index contributed by atoms with van der Waals surface area (Å²) in [5, 5.41) is 17.8. The van der Waals surface area contributed by atoms with Gasteiger partial charge in [0.05, 0.1) is 0 Å². The van der Waals surface area contributed by atoms with Crippen LogP contribution in [0, 0.1) is 4.77 Å². The van der Waals surface area contributed by atoms with Gasteiger partial charge in [0.1, 0.15) is 6.10 Å². The van der Waals surface area contributed by atoms with E-state index in [-0.39, 0.29) is 0 Å². The Morgan fingerprint density at radius 2 is 2.25 bits per heavy atom. The fourth-order valence-electron chi connectivity index (χ4n) is 1.96. The van der Waals surface area contributed by atoms with E-state index in [1.807, 2.05) is 12.1 Å². The number of halogens is 1. The summed E-state index contributed by atoms with van der Waals surface area (Å²) >= 11 is 11.3. The quantitative estimate of drug-likeness (QED) is 0.636. The highest BCUT2D eigenvalue weighted by Crippen LogP contribution is 2.27. The minimum Gasteiger partial charge on any atom is -0.385 e. The number of aliphatic hydroxyl groups excluding tert-OH is 1. The lowest BCUT2D eigenvalue weighted by Gasteiger charge is -2.13. The maximum absolute atomic E-state index is 10.5. The first-order valence-corrected chi connectivity index (χ1v) is 7.00. The number of nitrogens with zero attached hydrogens (tertiary/aromatic N) is 2. The zero-order valence-electron chi connectivity index (χ0n) is 11.0. The Hall–Kier alpha value is -1.21. The molecule has 0 saturated heterocycles. The smallest absolute Gasteiger partial charge is 0.195 e. The maximum Gasteiger partial charge on any atom is 0.195 e. The number of aromatic nitrogens is 3. The Morgan fingerprint density at radius 3 is 2.95 bits per heavy atom. The highest BCUT2D eigenvalue weighted by Gasteiger charge is 2.19. The molecule has 0 aliphatic carbocycles. The normalized spacial score (nSPS) is 12.6. The van der Waals surface area contributed by atoms with Crippen molar-refractivity contribution in [2.24, 2.45) is 0 Å². The van der Waals surface area contributed by atoms with E-state index in [2.05, 4.69) is 10.2 Å². The second kappa shape index (κ2) is 6.99. The molecule has 7 heteroatoms. The van der Waals surface area contributed by atoms with Crippen LogP contribution < -0.4 is 0 Å². The van der Waals surface area contributed by atoms with E-state index >= 15 is 0 Å². The van der Waals surface area contributed by atoms with Crippen LogP contribution in [-0.4, -0.2) is 33.6 Å². The van der Waals surface area contributed by atoms with Gasteiger partial charge in [-0.3, -0.25) is 5.10 Å². The Bertz CT molecular complexity index is 626. The summed E-state index contributed by atoms with van der Waals surface area (Å²) in [6, 6.07) is 7.13. The first-order chi connectivity index (χ1) is 9.65. The van der Waals surface area contributed by atoms with Crippen LogP contribution >= 0.6 is 23.8 Å². The number of aliphatic hydroxyl groups is 1. The molecular weight excluding hydrogens is 298 g/mol. The average molecular weight is 314 g/mol. The van der Waals surface area contributed by atoms with E-state index in [1.165, 1.54) is 0 Å². The molecule has 0 fully saturated rings. The number of aromatic amines is 1. The molecule has 1 unspecified atom stereocenters. The van der Waals surface area contributed by atoms with Crippen LogP contribution in [0.25, 0.3) is 0 Å². The number of nitrogens with one attached hydrogen (secondary N) is 1. The predicted octanol–water partition coefficient (Wildman–Crippen LogP) is 2.71. The van der Waals surface area contributed by atoms with Crippen LogP contribution in [0.2, 0.25) is 5.02 Å². The number of benzene rings is 1. The zero-order valence-corrected chi connectivity index (χ0v) is 12.6. The molecule has 2 N–H and O–H groups in total. The highest BCUT2D eigenvalue weighted by molar-refractivity contribution is 7.71. The van der Waals surface area contributed by atoms with Gasteiger partial charge in [-0.2, -0.15) is 5.10 Å². The summed E-state index contributed by atoms with van der Waals surface area (Å²) in [5.41, 5.74) is 0.608. The van der Waals surface area contributed by atoms with E-state index in [1.54, 1.807) is 23.8 Å². The van der Waals surface area contributed by atoms with Gasteiger partial charge in [-0.05, 0) is 24.7 Å². The third-order valence-electron chi connectivity index (χ3n) is 2.96. The van der Waals surface area contributed by atoms with Crippen LogP contribution in [0.15, 0.2) is 24.3 Å². The molecule has 1 aromatic heterocycles. The maximum atomic E-state index is 10.5. The Labute approximate surface area is 127 Å². The van der Waals surface area contributed by atoms with E-state index in [0.29, 0.717) is 34.3 Å². The fourth-order valence-corrected chi connectivity index (χ4v) is 2.43. The fraction of sp³-hybridized carbons (Fsp3) is 0.385. The second-order valence-electron chi connectivity index (χ2n) is 4.31. The Balaban J connectivity index is 2.28. The molecule has 0 saturated carbocycles. The summed E-state index contributed by atoms with van der Waals surface area (Å²) in [6.45, 7) is 1.24. The Morgan fingerprint density at radius 1 is 1.50 bits per heavy atom. The molecule has 5 nitrogen and oxygen atoms in total. The van der Waals surface area contributed by atoms with Gasteiger partial charge in [-0.25, -0.2) is 0 Å². The van der Waals surface area contributed by atoms with Crippen LogP contribution in [0.5, 0.6) is 0 Å². The molecule has 0 bridgehead atoms. The first-order valence-electron chi connectivity index (χ1n) is 6.21. The lowest BCUT2D eigenvalue weighted by atomic mass is 10.1. The van der Waals surface area contributed by atoms with Crippen molar-refractivity contribution < 1.29 is 9.84 Å². The van der Waals surface area contributed by atoms with Crippen LogP contribution in [0.4, 0.5) is 0 Å². The number of hydrogen-bond acceptors (Lipinski definition) is 4. The summed E-state index contributed by atoms with van der Waals surface area (Å²) < 4.78 is 7.26. The van der Waals surface area contributed by atoms with Crippen molar-refractivity contribution in [2.75, 3.05) is 13.7 Å². The van der Waals surface area contributed by atoms with Crippen molar-refractivity contribution >= 4 is 23.8 Å². The zero-order chi connectivity index (χ0) is 14.5. The molecule has 2 rings (SSSR count). The van der Waals surface area contributed by atoms with Crippen molar-refractivity contribution in [3.8, 4) is 0 Å². The molecular formula is C13H16ClN3O2S. The number of ether oxygens (including phenoxy) is 1. The number of hydrogen-bond donors (Lipinski definition) is 2. The van der Waals surface area contributed by atoms with Gasteiger partial charge in [0.15, 0.2) is 10.6 Å². The molecule has 1 aromatic carbocycles. The van der Waals surface area contributed by atoms with Gasteiger partial charge in [0.25, 0.3) is 0 Å². The van der Waals surface area contributed by atoms with Gasteiger partial charge >= 0.3 is 0 Å². The largest absolute Gasteiger partial charge is 0.385 e. The molecule has 0 aliphatic heterocycles. The number of methoxy groups -OCH3 is 1. The van der Waals surface area contributed by atoms with Crippen LogP contribution in [0.1, 0.15) is 23.9 Å². The van der Waals surface area contributed by atoms with Gasteiger partial charge in [0, 0.05) is 30.8 Å². The van der Waals surface area contributed by atoms with Gasteiger partial charge in [-0.15, -0.1) is 0 Å². The lowest BCUT2D eigenvalue weighted by molar-refractivity contribution is 0.183. The van der Waals surface area contributed by atoms with Crippen molar-refractivity contribution in [1.82, 2.24) is 14.8 Å². The lowest BCUT2D eigenvalue weighted by Crippen LogP contribution is -2.12.